The van der Waals surface area contributed by atoms with Crippen LogP contribution in [0.1, 0.15) is 15.5 Å². The zero-order chi connectivity index (χ0) is 12.6. The lowest BCUT2D eigenvalue weighted by atomic mass is 10.1. The number of aromatic nitrogens is 1. The summed E-state index contributed by atoms with van der Waals surface area (Å²) in [4.78, 5) is 15.4. The van der Waals surface area contributed by atoms with Crippen LogP contribution in [-0.4, -0.2) is 16.1 Å². The smallest absolute Gasteiger partial charge is 0.356 e. The standard InChI is InChI=1S/C11H7BrFNO2S/c1-5-14-9(11(15)16)10(17-5)7-4-6(13)2-3-8(7)12/h2-4H,1H3,(H,15,16). The number of hydrogen-bond donors (Lipinski definition) is 1. The molecule has 0 bridgehead atoms. The van der Waals surface area contributed by atoms with E-state index in [4.69, 9.17) is 5.11 Å². The first-order valence-electron chi connectivity index (χ1n) is 4.65. The summed E-state index contributed by atoms with van der Waals surface area (Å²) < 4.78 is 13.8. The molecule has 2 rings (SSSR count). The van der Waals surface area contributed by atoms with E-state index in [1.165, 1.54) is 23.5 Å². The molecule has 0 radical (unpaired) electrons. The van der Waals surface area contributed by atoms with Crippen molar-refractivity contribution < 1.29 is 14.3 Å². The molecule has 1 aromatic heterocycles. The maximum absolute atomic E-state index is 13.2. The first-order chi connectivity index (χ1) is 7.99. The van der Waals surface area contributed by atoms with Gasteiger partial charge >= 0.3 is 5.97 Å². The van der Waals surface area contributed by atoms with Gasteiger partial charge in [-0.3, -0.25) is 0 Å². The molecule has 1 N–H and O–H groups in total. The zero-order valence-corrected chi connectivity index (χ0v) is 11.1. The number of carbonyl (C=O) groups is 1. The molecule has 1 heterocycles. The van der Waals surface area contributed by atoms with Crippen molar-refractivity contribution in [2.24, 2.45) is 0 Å². The summed E-state index contributed by atoms with van der Waals surface area (Å²) in [5.41, 5.74) is 0.465. The van der Waals surface area contributed by atoms with Gasteiger partial charge in [0.05, 0.1) is 9.88 Å². The molecule has 0 aliphatic carbocycles. The lowest BCUT2D eigenvalue weighted by Gasteiger charge is -2.02. The largest absolute Gasteiger partial charge is 0.476 e. The van der Waals surface area contributed by atoms with Crippen LogP contribution in [0.15, 0.2) is 22.7 Å². The zero-order valence-electron chi connectivity index (χ0n) is 8.70. The first-order valence-corrected chi connectivity index (χ1v) is 6.26. The minimum Gasteiger partial charge on any atom is -0.476 e. The maximum atomic E-state index is 13.2. The molecule has 0 unspecified atom stereocenters. The average molecular weight is 316 g/mol. The molecule has 1 aromatic carbocycles. The number of nitrogens with zero attached hydrogens (tertiary/aromatic N) is 1. The molecular weight excluding hydrogens is 309 g/mol. The number of benzene rings is 1. The third-order valence-corrected chi connectivity index (χ3v) is 3.81. The Morgan fingerprint density at radius 3 is 2.88 bits per heavy atom. The van der Waals surface area contributed by atoms with Gasteiger partial charge in [-0.2, -0.15) is 0 Å². The lowest BCUT2D eigenvalue weighted by Crippen LogP contribution is -1.99. The van der Waals surface area contributed by atoms with Crippen molar-refractivity contribution in [1.29, 1.82) is 0 Å². The van der Waals surface area contributed by atoms with E-state index in [0.29, 0.717) is 19.9 Å². The molecule has 0 amide bonds. The topological polar surface area (TPSA) is 50.2 Å². The molecule has 0 spiro atoms. The highest BCUT2D eigenvalue weighted by molar-refractivity contribution is 9.10. The van der Waals surface area contributed by atoms with Crippen LogP contribution in [0.3, 0.4) is 0 Å². The summed E-state index contributed by atoms with van der Waals surface area (Å²) >= 11 is 4.51. The summed E-state index contributed by atoms with van der Waals surface area (Å²) in [7, 11) is 0. The van der Waals surface area contributed by atoms with Crippen molar-refractivity contribution in [2.75, 3.05) is 0 Å². The first kappa shape index (κ1) is 12.2. The second-order valence-corrected chi connectivity index (χ2v) is 5.40. The molecule has 0 atom stereocenters. The predicted molar refractivity (Wildman–Crippen MR) is 66.9 cm³/mol. The van der Waals surface area contributed by atoms with Crippen LogP contribution in [0.5, 0.6) is 0 Å². The number of aryl methyl sites for hydroxylation is 1. The van der Waals surface area contributed by atoms with E-state index in [2.05, 4.69) is 20.9 Å². The minimum absolute atomic E-state index is 0.0428. The van der Waals surface area contributed by atoms with Crippen LogP contribution in [0.4, 0.5) is 4.39 Å². The van der Waals surface area contributed by atoms with Crippen LogP contribution >= 0.6 is 27.3 Å². The third kappa shape index (κ3) is 2.37. The Hall–Kier alpha value is -1.27. The van der Waals surface area contributed by atoms with Crippen LogP contribution in [-0.2, 0) is 0 Å². The Morgan fingerprint density at radius 1 is 1.53 bits per heavy atom. The molecule has 0 aliphatic rings. The molecule has 3 nitrogen and oxygen atoms in total. The second kappa shape index (κ2) is 4.54. The van der Waals surface area contributed by atoms with Gasteiger partial charge in [0.15, 0.2) is 5.69 Å². The van der Waals surface area contributed by atoms with Gasteiger partial charge in [0.25, 0.3) is 0 Å². The van der Waals surface area contributed by atoms with E-state index in [1.54, 1.807) is 13.0 Å². The highest BCUT2D eigenvalue weighted by atomic mass is 79.9. The van der Waals surface area contributed by atoms with Crippen molar-refractivity contribution in [2.45, 2.75) is 6.92 Å². The van der Waals surface area contributed by atoms with Crippen molar-refractivity contribution >= 4 is 33.2 Å². The SMILES string of the molecule is Cc1nc(C(=O)O)c(-c2cc(F)ccc2Br)s1. The fraction of sp³-hybridized carbons (Fsp3) is 0.0909. The Bertz CT molecular complexity index is 597. The highest BCUT2D eigenvalue weighted by Crippen LogP contribution is 2.35. The monoisotopic (exact) mass is 315 g/mol. The van der Waals surface area contributed by atoms with Crippen molar-refractivity contribution in [3.8, 4) is 10.4 Å². The van der Waals surface area contributed by atoms with Crippen LogP contribution in [0.25, 0.3) is 10.4 Å². The summed E-state index contributed by atoms with van der Waals surface area (Å²) in [6.07, 6.45) is 0. The van der Waals surface area contributed by atoms with Crippen LogP contribution in [0, 0.1) is 12.7 Å². The van der Waals surface area contributed by atoms with Gasteiger partial charge in [-0.1, -0.05) is 15.9 Å². The van der Waals surface area contributed by atoms with Gasteiger partial charge < -0.3 is 5.11 Å². The van der Waals surface area contributed by atoms with Crippen molar-refractivity contribution in [3.05, 3.63) is 39.2 Å². The quantitative estimate of drug-likeness (QED) is 0.919. The number of rotatable bonds is 2. The summed E-state index contributed by atoms with van der Waals surface area (Å²) in [6, 6.07) is 4.15. The summed E-state index contributed by atoms with van der Waals surface area (Å²) in [6.45, 7) is 1.72. The maximum Gasteiger partial charge on any atom is 0.356 e. The summed E-state index contributed by atoms with van der Waals surface area (Å²) in [5.74, 6) is -1.52. The number of carboxylic acids is 1. The Labute approximate surface area is 109 Å². The normalized spacial score (nSPS) is 10.5. The van der Waals surface area contributed by atoms with Crippen LogP contribution < -0.4 is 0 Å². The Balaban J connectivity index is 2.67. The Morgan fingerprint density at radius 2 is 2.24 bits per heavy atom. The van der Waals surface area contributed by atoms with E-state index < -0.39 is 11.8 Å². The molecule has 0 saturated heterocycles. The fourth-order valence-corrected chi connectivity index (χ4v) is 2.94. The second-order valence-electron chi connectivity index (χ2n) is 3.34. The van der Waals surface area contributed by atoms with E-state index in [-0.39, 0.29) is 5.69 Å². The molecule has 0 aliphatic heterocycles. The number of hydrogen-bond acceptors (Lipinski definition) is 3. The van der Waals surface area contributed by atoms with Gasteiger partial charge in [0.2, 0.25) is 0 Å². The lowest BCUT2D eigenvalue weighted by molar-refractivity contribution is 0.0692. The van der Waals surface area contributed by atoms with Gasteiger partial charge in [-0.05, 0) is 25.1 Å². The van der Waals surface area contributed by atoms with E-state index in [0.717, 1.165) is 0 Å². The van der Waals surface area contributed by atoms with Crippen LogP contribution in [0.2, 0.25) is 0 Å². The third-order valence-electron chi connectivity index (χ3n) is 2.11. The highest BCUT2D eigenvalue weighted by Gasteiger charge is 2.19. The number of thiazole rings is 1. The number of carboxylic acid groups (broad SMARTS) is 1. The molecule has 88 valence electrons. The molecular formula is C11H7BrFNO2S. The van der Waals surface area contributed by atoms with Gasteiger partial charge in [-0.15, -0.1) is 11.3 Å². The van der Waals surface area contributed by atoms with Crippen molar-refractivity contribution in [1.82, 2.24) is 4.98 Å². The average Bonchev–Trinajstić information content (AvgIpc) is 2.64. The van der Waals surface area contributed by atoms with E-state index in [9.17, 15) is 9.18 Å². The molecule has 17 heavy (non-hydrogen) atoms. The van der Waals surface area contributed by atoms with Crippen molar-refractivity contribution in [3.63, 3.8) is 0 Å². The fourth-order valence-electron chi connectivity index (χ4n) is 1.43. The molecule has 0 fully saturated rings. The van der Waals surface area contributed by atoms with Gasteiger partial charge in [0, 0.05) is 10.0 Å². The van der Waals surface area contributed by atoms with E-state index in [1.807, 2.05) is 0 Å². The van der Waals surface area contributed by atoms with Gasteiger partial charge in [0.1, 0.15) is 5.82 Å². The van der Waals surface area contributed by atoms with Gasteiger partial charge in [-0.25, -0.2) is 14.2 Å². The molecule has 2 aromatic rings. The number of halogens is 2. The number of aromatic carboxylic acids is 1. The Kier molecular flexibility index (Phi) is 3.26. The predicted octanol–water partition coefficient (Wildman–Crippen LogP) is 3.72. The van der Waals surface area contributed by atoms with E-state index >= 15 is 0 Å². The summed E-state index contributed by atoms with van der Waals surface area (Å²) in [5, 5.41) is 9.67. The molecule has 6 heteroatoms. The minimum atomic E-state index is -1.11. The molecule has 0 saturated carbocycles.